The zero-order valence-corrected chi connectivity index (χ0v) is 9.60. The van der Waals surface area contributed by atoms with Crippen molar-refractivity contribution in [2.75, 3.05) is 0 Å². The van der Waals surface area contributed by atoms with Crippen molar-refractivity contribution >= 4 is 27.0 Å². The quantitative estimate of drug-likeness (QED) is 0.790. The van der Waals surface area contributed by atoms with Crippen LogP contribution in [0.15, 0.2) is 22.7 Å². The van der Waals surface area contributed by atoms with E-state index in [4.69, 9.17) is 5.26 Å². The summed E-state index contributed by atoms with van der Waals surface area (Å²) in [6.07, 6.45) is 0.236. The van der Waals surface area contributed by atoms with Crippen molar-refractivity contribution in [2.24, 2.45) is 0 Å². The molecular weight excluding hydrogens is 266 g/mol. The molecular formula is C9H7BrNO2S-. The molecule has 0 fully saturated rings. The highest BCUT2D eigenvalue weighted by Crippen LogP contribution is 2.18. The summed E-state index contributed by atoms with van der Waals surface area (Å²) in [5, 5.41) is 8.53. The molecule has 1 aromatic carbocycles. The molecule has 1 aromatic rings. The van der Waals surface area contributed by atoms with Crippen molar-refractivity contribution in [3.63, 3.8) is 0 Å². The molecule has 3 nitrogen and oxygen atoms in total. The lowest BCUT2D eigenvalue weighted by atomic mass is 10.1. The zero-order chi connectivity index (χ0) is 10.6. The molecule has 1 rings (SSSR count). The highest BCUT2D eigenvalue weighted by atomic mass is 79.9. The van der Waals surface area contributed by atoms with Crippen LogP contribution < -0.4 is 0 Å². The van der Waals surface area contributed by atoms with Crippen LogP contribution in [0.5, 0.6) is 0 Å². The van der Waals surface area contributed by atoms with Crippen molar-refractivity contribution in [3.8, 4) is 6.07 Å². The van der Waals surface area contributed by atoms with E-state index in [0.717, 1.165) is 10.0 Å². The molecule has 0 saturated carbocycles. The van der Waals surface area contributed by atoms with E-state index in [0.29, 0.717) is 5.56 Å². The maximum Gasteiger partial charge on any atom is 0.0669 e. The van der Waals surface area contributed by atoms with Gasteiger partial charge in [-0.15, -0.1) is 0 Å². The molecule has 14 heavy (non-hydrogen) atoms. The third-order valence-electron chi connectivity index (χ3n) is 1.71. The number of benzene rings is 1. The minimum absolute atomic E-state index is 0.0452. The van der Waals surface area contributed by atoms with Gasteiger partial charge in [0.15, 0.2) is 0 Å². The molecule has 74 valence electrons. The van der Waals surface area contributed by atoms with Crippen molar-refractivity contribution in [3.05, 3.63) is 33.8 Å². The van der Waals surface area contributed by atoms with E-state index in [1.54, 1.807) is 18.2 Å². The average Bonchev–Trinajstić information content (AvgIpc) is 2.09. The Balaban J connectivity index is 3.03. The van der Waals surface area contributed by atoms with Crippen LogP contribution in [0.3, 0.4) is 0 Å². The van der Waals surface area contributed by atoms with Crippen molar-refractivity contribution in [1.82, 2.24) is 0 Å². The minimum atomic E-state index is -2.12. The van der Waals surface area contributed by atoms with Gasteiger partial charge in [0.05, 0.1) is 12.5 Å². The molecule has 0 N–H and O–H groups in total. The number of nitrogens with zero attached hydrogens (tertiary/aromatic N) is 1. The summed E-state index contributed by atoms with van der Waals surface area (Å²) in [5.74, 6) is -0.0452. The van der Waals surface area contributed by atoms with Gasteiger partial charge in [-0.05, 0) is 23.3 Å². The lowest BCUT2D eigenvalue weighted by Crippen LogP contribution is -1.98. The molecule has 0 amide bonds. The molecule has 0 heterocycles. The van der Waals surface area contributed by atoms with E-state index >= 15 is 0 Å². The van der Waals surface area contributed by atoms with Crippen LogP contribution in [0, 0.1) is 11.3 Å². The van der Waals surface area contributed by atoms with Crippen LogP contribution in [0.2, 0.25) is 0 Å². The second-order valence-electron chi connectivity index (χ2n) is 2.70. The summed E-state index contributed by atoms with van der Waals surface area (Å²) in [6.45, 7) is 0. The highest BCUT2D eigenvalue weighted by Gasteiger charge is 2.02. The number of hydrogen-bond acceptors (Lipinski definition) is 3. The number of rotatable bonds is 3. The van der Waals surface area contributed by atoms with E-state index in [2.05, 4.69) is 15.9 Å². The third-order valence-corrected chi connectivity index (χ3v) is 2.75. The fourth-order valence-electron chi connectivity index (χ4n) is 1.11. The molecule has 0 aliphatic heterocycles. The summed E-state index contributed by atoms with van der Waals surface area (Å²) in [4.78, 5) is 0. The van der Waals surface area contributed by atoms with Gasteiger partial charge >= 0.3 is 0 Å². The van der Waals surface area contributed by atoms with Crippen LogP contribution >= 0.6 is 15.9 Å². The number of hydrogen-bond donors (Lipinski definition) is 0. The first kappa shape index (κ1) is 11.4. The van der Waals surface area contributed by atoms with Gasteiger partial charge in [0.1, 0.15) is 0 Å². The number of nitriles is 1. The van der Waals surface area contributed by atoms with E-state index in [1.807, 2.05) is 6.07 Å². The largest absolute Gasteiger partial charge is 0.772 e. The fourth-order valence-corrected chi connectivity index (χ4v) is 2.04. The summed E-state index contributed by atoms with van der Waals surface area (Å²) >= 11 is 1.13. The smallest absolute Gasteiger partial charge is 0.0669 e. The Morgan fingerprint density at radius 1 is 1.50 bits per heavy atom. The van der Waals surface area contributed by atoms with Gasteiger partial charge in [-0.3, -0.25) is 4.21 Å². The Morgan fingerprint density at radius 2 is 2.21 bits per heavy atom. The van der Waals surface area contributed by atoms with Crippen molar-refractivity contribution < 1.29 is 8.76 Å². The van der Waals surface area contributed by atoms with Gasteiger partial charge in [-0.1, -0.05) is 33.1 Å². The zero-order valence-electron chi connectivity index (χ0n) is 7.20. The average molecular weight is 273 g/mol. The predicted octanol–water partition coefficient (Wildman–Crippen LogP) is 1.89. The molecule has 0 saturated heterocycles. The molecule has 1 atom stereocenters. The standard InChI is InChI=1S/C9H8BrNO2S/c10-9-2-1-7(3-4-11)8(5-9)6-14(12)13/h1-2,5H,3,6H2,(H,12,13)/p-1. The summed E-state index contributed by atoms with van der Waals surface area (Å²) < 4.78 is 21.9. The Morgan fingerprint density at radius 3 is 2.79 bits per heavy atom. The molecule has 5 heteroatoms. The van der Waals surface area contributed by atoms with Crippen molar-refractivity contribution in [2.45, 2.75) is 12.2 Å². The molecule has 0 radical (unpaired) electrons. The first-order valence-electron chi connectivity index (χ1n) is 3.83. The molecule has 0 aromatic heterocycles. The summed E-state index contributed by atoms with van der Waals surface area (Å²) in [6, 6.07) is 7.28. The first-order chi connectivity index (χ1) is 6.63. The molecule has 0 aliphatic rings. The summed E-state index contributed by atoms with van der Waals surface area (Å²) in [7, 11) is 0. The van der Waals surface area contributed by atoms with E-state index < -0.39 is 11.1 Å². The lowest BCUT2D eigenvalue weighted by molar-refractivity contribution is 0.536. The fraction of sp³-hybridized carbons (Fsp3) is 0.222. The van der Waals surface area contributed by atoms with Crippen LogP contribution in [-0.2, 0) is 23.3 Å². The Bertz CT molecular complexity index is 400. The maximum atomic E-state index is 10.5. The van der Waals surface area contributed by atoms with Gasteiger partial charge in [-0.2, -0.15) is 5.26 Å². The molecule has 0 bridgehead atoms. The topological polar surface area (TPSA) is 63.9 Å². The second kappa shape index (κ2) is 5.25. The maximum absolute atomic E-state index is 10.5. The van der Waals surface area contributed by atoms with E-state index in [9.17, 15) is 8.76 Å². The highest BCUT2D eigenvalue weighted by molar-refractivity contribution is 9.10. The van der Waals surface area contributed by atoms with Crippen LogP contribution in [0.25, 0.3) is 0 Å². The molecule has 0 aliphatic carbocycles. The molecule has 1 unspecified atom stereocenters. The monoisotopic (exact) mass is 272 g/mol. The predicted molar refractivity (Wildman–Crippen MR) is 56.1 cm³/mol. The normalized spacial score (nSPS) is 12.1. The Labute approximate surface area is 93.2 Å². The van der Waals surface area contributed by atoms with Crippen LogP contribution in [0.4, 0.5) is 0 Å². The van der Waals surface area contributed by atoms with Gasteiger partial charge < -0.3 is 4.55 Å². The van der Waals surface area contributed by atoms with Gasteiger partial charge in [-0.25, -0.2) is 0 Å². The number of halogens is 1. The first-order valence-corrected chi connectivity index (χ1v) is 5.87. The second-order valence-corrected chi connectivity index (χ2v) is 4.51. The van der Waals surface area contributed by atoms with E-state index in [1.165, 1.54) is 0 Å². The van der Waals surface area contributed by atoms with Crippen molar-refractivity contribution in [1.29, 1.82) is 5.26 Å². The Kier molecular flexibility index (Phi) is 4.26. The van der Waals surface area contributed by atoms with Crippen LogP contribution in [-0.4, -0.2) is 8.76 Å². The Hall–Kier alpha value is -0.700. The van der Waals surface area contributed by atoms with Gasteiger partial charge in [0, 0.05) is 10.2 Å². The minimum Gasteiger partial charge on any atom is -0.772 e. The van der Waals surface area contributed by atoms with Gasteiger partial charge in [0.2, 0.25) is 0 Å². The SMILES string of the molecule is N#CCc1ccc(Br)cc1CS(=O)[O-]. The lowest BCUT2D eigenvalue weighted by Gasteiger charge is -2.09. The molecule has 0 spiro atoms. The summed E-state index contributed by atoms with van der Waals surface area (Å²) in [5.41, 5.74) is 1.44. The third kappa shape index (κ3) is 3.22. The van der Waals surface area contributed by atoms with Gasteiger partial charge in [0.25, 0.3) is 0 Å². The van der Waals surface area contributed by atoms with E-state index in [-0.39, 0.29) is 12.2 Å². The van der Waals surface area contributed by atoms with Crippen LogP contribution in [0.1, 0.15) is 11.1 Å².